The lowest BCUT2D eigenvalue weighted by atomic mass is 9.83. The van der Waals surface area contributed by atoms with Crippen LogP contribution in [0.3, 0.4) is 0 Å². The van der Waals surface area contributed by atoms with Gasteiger partial charge in [0.2, 0.25) is 0 Å². The van der Waals surface area contributed by atoms with Crippen LogP contribution in [0, 0.1) is 5.92 Å². The minimum Gasteiger partial charge on any atom is -0.393 e. The molecule has 1 saturated heterocycles. The van der Waals surface area contributed by atoms with Crippen molar-refractivity contribution in [1.82, 2.24) is 0 Å². The van der Waals surface area contributed by atoms with Crippen molar-refractivity contribution in [2.45, 2.75) is 43.8 Å². The topological polar surface area (TPSA) is 53.0 Å². The van der Waals surface area contributed by atoms with Gasteiger partial charge in [-0.25, -0.2) is 0 Å². The van der Waals surface area contributed by atoms with Gasteiger partial charge in [0.15, 0.2) is 0 Å². The van der Waals surface area contributed by atoms with E-state index in [1.807, 2.05) is 0 Å². The molecule has 3 nitrogen and oxygen atoms in total. The van der Waals surface area contributed by atoms with Crippen molar-refractivity contribution >= 4 is 0 Å². The SMILES string of the molecule is OCC1(CO)OC1C1CCCCC1. The summed E-state index contributed by atoms with van der Waals surface area (Å²) >= 11 is 0. The lowest BCUT2D eigenvalue weighted by Crippen LogP contribution is -2.29. The molecule has 1 aliphatic heterocycles. The minimum absolute atomic E-state index is 0.0370. The summed E-state index contributed by atoms with van der Waals surface area (Å²) in [5, 5.41) is 18.1. The molecule has 1 heterocycles. The third-order valence-corrected chi connectivity index (χ3v) is 3.44. The van der Waals surface area contributed by atoms with Gasteiger partial charge >= 0.3 is 0 Å². The molecule has 0 radical (unpaired) electrons. The highest BCUT2D eigenvalue weighted by molar-refractivity contribution is 5.05. The Morgan fingerprint density at radius 3 is 2.15 bits per heavy atom. The van der Waals surface area contributed by atoms with E-state index in [0.717, 1.165) is 0 Å². The van der Waals surface area contributed by atoms with Crippen molar-refractivity contribution in [2.24, 2.45) is 5.92 Å². The summed E-state index contributed by atoms with van der Waals surface area (Å²) in [7, 11) is 0. The van der Waals surface area contributed by atoms with Crippen LogP contribution in [0.2, 0.25) is 0 Å². The molecular formula is C10H18O3. The number of aliphatic hydroxyl groups is 2. The summed E-state index contributed by atoms with van der Waals surface area (Å²) < 4.78 is 5.44. The Hall–Kier alpha value is -0.120. The molecule has 0 spiro atoms. The molecule has 1 unspecified atom stereocenters. The van der Waals surface area contributed by atoms with E-state index in [2.05, 4.69) is 0 Å². The fourth-order valence-corrected chi connectivity index (χ4v) is 2.49. The predicted octanol–water partition coefficient (Wildman–Crippen LogP) is 0.689. The van der Waals surface area contributed by atoms with Crippen LogP contribution < -0.4 is 0 Å². The summed E-state index contributed by atoms with van der Waals surface area (Å²) in [6, 6.07) is 0. The van der Waals surface area contributed by atoms with Crippen LogP contribution in [0.15, 0.2) is 0 Å². The fraction of sp³-hybridized carbons (Fsp3) is 1.00. The van der Waals surface area contributed by atoms with Gasteiger partial charge in [-0.2, -0.15) is 0 Å². The zero-order valence-electron chi connectivity index (χ0n) is 7.91. The summed E-state index contributed by atoms with van der Waals surface area (Å²) in [6.45, 7) is -0.0741. The van der Waals surface area contributed by atoms with Gasteiger partial charge in [0, 0.05) is 0 Å². The Kier molecular flexibility index (Phi) is 2.58. The summed E-state index contributed by atoms with van der Waals surface area (Å²) in [4.78, 5) is 0. The first-order valence-electron chi connectivity index (χ1n) is 5.22. The Bertz CT molecular complexity index is 171. The van der Waals surface area contributed by atoms with Crippen LogP contribution in [-0.2, 0) is 4.74 Å². The van der Waals surface area contributed by atoms with Crippen molar-refractivity contribution in [1.29, 1.82) is 0 Å². The Balaban J connectivity index is 1.89. The highest BCUT2D eigenvalue weighted by atomic mass is 16.6. The number of epoxide rings is 1. The average Bonchev–Trinajstić information content (AvgIpc) is 2.95. The van der Waals surface area contributed by atoms with E-state index in [-0.39, 0.29) is 19.3 Å². The molecule has 76 valence electrons. The van der Waals surface area contributed by atoms with Gasteiger partial charge in [-0.3, -0.25) is 0 Å². The molecule has 0 bridgehead atoms. The number of hydrogen-bond acceptors (Lipinski definition) is 3. The van der Waals surface area contributed by atoms with Crippen LogP contribution in [-0.4, -0.2) is 35.1 Å². The van der Waals surface area contributed by atoms with Gasteiger partial charge < -0.3 is 14.9 Å². The van der Waals surface area contributed by atoms with Gasteiger partial charge in [-0.05, 0) is 18.8 Å². The molecule has 2 N–H and O–H groups in total. The molecule has 0 aromatic rings. The number of aliphatic hydroxyl groups excluding tert-OH is 2. The highest BCUT2D eigenvalue weighted by Gasteiger charge is 2.58. The molecule has 1 atom stereocenters. The zero-order chi connectivity index (χ0) is 9.31. The van der Waals surface area contributed by atoms with Crippen LogP contribution in [0.1, 0.15) is 32.1 Å². The maximum Gasteiger partial charge on any atom is 0.141 e. The molecule has 13 heavy (non-hydrogen) atoms. The van der Waals surface area contributed by atoms with E-state index < -0.39 is 5.60 Å². The monoisotopic (exact) mass is 186 g/mol. The van der Waals surface area contributed by atoms with E-state index in [1.165, 1.54) is 32.1 Å². The van der Waals surface area contributed by atoms with Crippen molar-refractivity contribution in [2.75, 3.05) is 13.2 Å². The average molecular weight is 186 g/mol. The molecule has 2 fully saturated rings. The predicted molar refractivity (Wildman–Crippen MR) is 48.4 cm³/mol. The third-order valence-electron chi connectivity index (χ3n) is 3.44. The third kappa shape index (κ3) is 1.60. The molecule has 2 rings (SSSR count). The normalized spacial score (nSPS) is 33.2. The molecular weight excluding hydrogens is 168 g/mol. The Morgan fingerprint density at radius 1 is 1.08 bits per heavy atom. The van der Waals surface area contributed by atoms with Crippen molar-refractivity contribution in [3.05, 3.63) is 0 Å². The quantitative estimate of drug-likeness (QED) is 0.637. The summed E-state index contributed by atoms with van der Waals surface area (Å²) in [5.41, 5.74) is -0.581. The first kappa shape index (κ1) is 9.44. The van der Waals surface area contributed by atoms with Gasteiger partial charge in [0.05, 0.1) is 19.3 Å². The van der Waals surface area contributed by atoms with Crippen LogP contribution in [0.4, 0.5) is 0 Å². The highest BCUT2D eigenvalue weighted by Crippen LogP contribution is 2.45. The van der Waals surface area contributed by atoms with Gasteiger partial charge in [-0.1, -0.05) is 19.3 Å². The van der Waals surface area contributed by atoms with Gasteiger partial charge in [0.1, 0.15) is 5.60 Å². The summed E-state index contributed by atoms with van der Waals surface area (Å²) in [6.07, 6.45) is 6.41. The second kappa shape index (κ2) is 3.56. The fourth-order valence-electron chi connectivity index (χ4n) is 2.49. The van der Waals surface area contributed by atoms with Gasteiger partial charge in [-0.15, -0.1) is 0 Å². The number of ether oxygens (including phenoxy) is 1. The summed E-state index contributed by atoms with van der Waals surface area (Å²) in [5.74, 6) is 0.577. The van der Waals surface area contributed by atoms with E-state index in [9.17, 15) is 0 Å². The first-order valence-corrected chi connectivity index (χ1v) is 5.22. The molecule has 1 aliphatic carbocycles. The molecule has 1 saturated carbocycles. The van der Waals surface area contributed by atoms with Crippen molar-refractivity contribution < 1.29 is 14.9 Å². The van der Waals surface area contributed by atoms with Crippen molar-refractivity contribution in [3.8, 4) is 0 Å². The molecule has 0 amide bonds. The Labute approximate surface area is 78.7 Å². The maximum atomic E-state index is 9.07. The lowest BCUT2D eigenvalue weighted by Gasteiger charge is -2.20. The first-order chi connectivity index (χ1) is 6.32. The van der Waals surface area contributed by atoms with E-state index in [1.54, 1.807) is 0 Å². The molecule has 2 aliphatic rings. The number of rotatable bonds is 3. The van der Waals surface area contributed by atoms with Gasteiger partial charge in [0.25, 0.3) is 0 Å². The largest absolute Gasteiger partial charge is 0.393 e. The lowest BCUT2D eigenvalue weighted by molar-refractivity contribution is 0.108. The standard InChI is InChI=1S/C10H18O3/c11-6-10(7-12)9(13-10)8-4-2-1-3-5-8/h8-9,11-12H,1-7H2. The van der Waals surface area contributed by atoms with Crippen LogP contribution in [0.5, 0.6) is 0 Å². The van der Waals surface area contributed by atoms with Crippen molar-refractivity contribution in [3.63, 3.8) is 0 Å². The van der Waals surface area contributed by atoms with Crippen LogP contribution >= 0.6 is 0 Å². The maximum absolute atomic E-state index is 9.07. The van der Waals surface area contributed by atoms with Crippen LogP contribution in [0.25, 0.3) is 0 Å². The molecule has 0 aromatic heterocycles. The Morgan fingerprint density at radius 2 is 1.69 bits per heavy atom. The molecule has 0 aromatic carbocycles. The molecule has 3 heteroatoms. The van der Waals surface area contributed by atoms with E-state index in [4.69, 9.17) is 14.9 Å². The second-order valence-electron chi connectivity index (χ2n) is 4.32. The smallest absolute Gasteiger partial charge is 0.141 e. The van der Waals surface area contributed by atoms with E-state index in [0.29, 0.717) is 5.92 Å². The minimum atomic E-state index is -0.581. The second-order valence-corrected chi connectivity index (χ2v) is 4.32. The number of hydrogen-bond donors (Lipinski definition) is 2. The zero-order valence-corrected chi connectivity index (χ0v) is 7.91. The van der Waals surface area contributed by atoms with E-state index >= 15 is 0 Å².